The molecule has 0 radical (unpaired) electrons. The van der Waals surface area contributed by atoms with Crippen LogP contribution in [-0.4, -0.2) is 6.54 Å². The Hall–Kier alpha value is -1.81. The Balaban J connectivity index is 1.83. The Morgan fingerprint density at radius 3 is 2.62 bits per heavy atom. The molecule has 0 spiro atoms. The summed E-state index contributed by atoms with van der Waals surface area (Å²) in [6.45, 7) is 3.14. The lowest BCUT2D eigenvalue weighted by Crippen LogP contribution is -2.17. The van der Waals surface area contributed by atoms with Crippen LogP contribution in [-0.2, 0) is 13.0 Å². The van der Waals surface area contributed by atoms with Crippen LogP contribution >= 0.6 is 0 Å². The molecule has 0 amide bonds. The molecule has 0 saturated carbocycles. The van der Waals surface area contributed by atoms with E-state index in [1.54, 1.807) is 12.1 Å². The number of hydrogen-bond acceptors (Lipinski definition) is 1. The zero-order chi connectivity index (χ0) is 15.2. The summed E-state index contributed by atoms with van der Waals surface area (Å²) < 4.78 is 38.1. The Kier molecular flexibility index (Phi) is 5.39. The predicted octanol–water partition coefficient (Wildman–Crippen LogP) is 4.40. The van der Waals surface area contributed by atoms with Crippen molar-refractivity contribution < 1.29 is 13.2 Å². The third kappa shape index (κ3) is 4.60. The maximum atomic E-state index is 13.0. The second-order valence-electron chi connectivity index (χ2n) is 5.04. The minimum Gasteiger partial charge on any atom is -0.312 e. The van der Waals surface area contributed by atoms with E-state index in [1.807, 2.05) is 13.0 Å². The van der Waals surface area contributed by atoms with E-state index in [2.05, 4.69) is 5.32 Å². The largest absolute Gasteiger partial charge is 0.312 e. The van der Waals surface area contributed by atoms with E-state index < -0.39 is 6.43 Å². The van der Waals surface area contributed by atoms with Crippen LogP contribution in [0.3, 0.4) is 0 Å². The molecule has 2 aromatic carbocycles. The molecule has 0 saturated heterocycles. The molecule has 0 unspecified atom stereocenters. The van der Waals surface area contributed by atoms with Crippen molar-refractivity contribution >= 4 is 0 Å². The second-order valence-corrected chi connectivity index (χ2v) is 5.04. The SMILES string of the molecule is Cc1cc(F)ccc1CCNCc1cccc(C(F)F)c1. The molecular formula is C17H18F3N. The van der Waals surface area contributed by atoms with Gasteiger partial charge in [0.05, 0.1) is 0 Å². The van der Waals surface area contributed by atoms with Crippen molar-refractivity contribution in [3.63, 3.8) is 0 Å². The molecule has 0 fully saturated rings. The van der Waals surface area contributed by atoms with Crippen molar-refractivity contribution in [2.45, 2.75) is 26.3 Å². The van der Waals surface area contributed by atoms with Gasteiger partial charge in [0.1, 0.15) is 5.82 Å². The standard InChI is InChI=1S/C17H18F3N/c1-12-9-16(18)6-5-14(12)7-8-21-11-13-3-2-4-15(10-13)17(19)20/h2-6,9-10,17,21H,7-8,11H2,1H3. The fourth-order valence-electron chi connectivity index (χ4n) is 2.23. The summed E-state index contributed by atoms with van der Waals surface area (Å²) in [6.07, 6.45) is -1.66. The first-order valence-electron chi connectivity index (χ1n) is 6.89. The van der Waals surface area contributed by atoms with Crippen molar-refractivity contribution in [3.8, 4) is 0 Å². The first-order chi connectivity index (χ1) is 10.1. The lowest BCUT2D eigenvalue weighted by atomic mass is 10.1. The van der Waals surface area contributed by atoms with Gasteiger partial charge in [-0.2, -0.15) is 0 Å². The lowest BCUT2D eigenvalue weighted by molar-refractivity contribution is 0.151. The molecule has 0 bridgehead atoms. The van der Waals surface area contributed by atoms with Gasteiger partial charge in [-0.3, -0.25) is 0 Å². The van der Waals surface area contributed by atoms with Crippen molar-refractivity contribution in [2.75, 3.05) is 6.54 Å². The third-order valence-corrected chi connectivity index (χ3v) is 3.41. The van der Waals surface area contributed by atoms with Gasteiger partial charge in [-0.15, -0.1) is 0 Å². The molecule has 2 aromatic rings. The number of alkyl halides is 2. The van der Waals surface area contributed by atoms with Crippen molar-refractivity contribution in [3.05, 3.63) is 70.5 Å². The highest BCUT2D eigenvalue weighted by Gasteiger charge is 2.06. The number of halogens is 3. The number of rotatable bonds is 6. The van der Waals surface area contributed by atoms with Crippen LogP contribution in [0, 0.1) is 12.7 Å². The highest BCUT2D eigenvalue weighted by molar-refractivity contribution is 5.27. The highest BCUT2D eigenvalue weighted by Crippen LogP contribution is 2.19. The number of hydrogen-bond donors (Lipinski definition) is 1. The number of benzene rings is 2. The van der Waals surface area contributed by atoms with Gasteiger partial charge in [-0.1, -0.05) is 24.3 Å². The van der Waals surface area contributed by atoms with Gasteiger partial charge in [-0.25, -0.2) is 13.2 Å². The molecule has 4 heteroatoms. The van der Waals surface area contributed by atoms with Gasteiger partial charge in [0.2, 0.25) is 0 Å². The Bertz CT molecular complexity index is 596. The molecule has 21 heavy (non-hydrogen) atoms. The van der Waals surface area contributed by atoms with Gasteiger partial charge in [0.15, 0.2) is 0 Å². The Morgan fingerprint density at radius 2 is 1.90 bits per heavy atom. The quantitative estimate of drug-likeness (QED) is 0.778. The minimum absolute atomic E-state index is 0.0451. The molecule has 0 aromatic heterocycles. The zero-order valence-electron chi connectivity index (χ0n) is 11.9. The predicted molar refractivity (Wildman–Crippen MR) is 77.9 cm³/mol. The molecule has 0 aliphatic carbocycles. The van der Waals surface area contributed by atoms with E-state index in [4.69, 9.17) is 0 Å². The first kappa shape index (κ1) is 15.6. The summed E-state index contributed by atoms with van der Waals surface area (Å²) >= 11 is 0. The molecule has 0 atom stereocenters. The van der Waals surface area contributed by atoms with Gasteiger partial charge in [0.25, 0.3) is 6.43 Å². The van der Waals surface area contributed by atoms with Crippen molar-refractivity contribution in [1.29, 1.82) is 0 Å². The monoisotopic (exact) mass is 293 g/mol. The van der Waals surface area contributed by atoms with E-state index >= 15 is 0 Å². The first-order valence-corrected chi connectivity index (χ1v) is 6.89. The number of aryl methyl sites for hydroxylation is 1. The van der Waals surface area contributed by atoms with E-state index in [0.29, 0.717) is 13.1 Å². The zero-order valence-corrected chi connectivity index (χ0v) is 11.9. The molecule has 2 rings (SSSR count). The Morgan fingerprint density at radius 1 is 1.10 bits per heavy atom. The number of nitrogens with one attached hydrogen (secondary N) is 1. The van der Waals surface area contributed by atoms with Crippen LogP contribution in [0.25, 0.3) is 0 Å². The topological polar surface area (TPSA) is 12.0 Å². The summed E-state index contributed by atoms with van der Waals surface area (Å²) in [5.74, 6) is -0.229. The fourth-order valence-corrected chi connectivity index (χ4v) is 2.23. The summed E-state index contributed by atoms with van der Waals surface area (Å²) in [4.78, 5) is 0. The van der Waals surface area contributed by atoms with Gasteiger partial charge < -0.3 is 5.32 Å². The van der Waals surface area contributed by atoms with E-state index in [1.165, 1.54) is 24.3 Å². The van der Waals surface area contributed by atoms with Gasteiger partial charge in [-0.05, 0) is 54.8 Å². The summed E-state index contributed by atoms with van der Waals surface area (Å²) in [6, 6.07) is 11.2. The highest BCUT2D eigenvalue weighted by atomic mass is 19.3. The molecule has 112 valence electrons. The van der Waals surface area contributed by atoms with E-state index in [9.17, 15) is 13.2 Å². The molecule has 1 nitrogen and oxygen atoms in total. The van der Waals surface area contributed by atoms with Crippen LogP contribution < -0.4 is 5.32 Å². The van der Waals surface area contributed by atoms with Gasteiger partial charge >= 0.3 is 0 Å². The Labute approximate surface area is 122 Å². The maximum Gasteiger partial charge on any atom is 0.263 e. The van der Waals surface area contributed by atoms with Crippen LogP contribution in [0.1, 0.15) is 28.7 Å². The summed E-state index contributed by atoms with van der Waals surface area (Å²) in [5.41, 5.74) is 2.90. The van der Waals surface area contributed by atoms with Crippen LogP contribution in [0.15, 0.2) is 42.5 Å². The third-order valence-electron chi connectivity index (χ3n) is 3.41. The van der Waals surface area contributed by atoms with E-state index in [-0.39, 0.29) is 11.4 Å². The smallest absolute Gasteiger partial charge is 0.263 e. The molecule has 0 aliphatic heterocycles. The van der Waals surface area contributed by atoms with Crippen LogP contribution in [0.2, 0.25) is 0 Å². The summed E-state index contributed by atoms with van der Waals surface area (Å²) in [7, 11) is 0. The molecule has 0 heterocycles. The summed E-state index contributed by atoms with van der Waals surface area (Å²) in [5, 5.41) is 3.22. The second kappa shape index (κ2) is 7.27. The van der Waals surface area contributed by atoms with Crippen molar-refractivity contribution in [1.82, 2.24) is 5.32 Å². The fraction of sp³-hybridized carbons (Fsp3) is 0.294. The average Bonchev–Trinajstić information content (AvgIpc) is 2.45. The normalized spacial score (nSPS) is 11.1. The molecule has 0 aliphatic rings. The van der Waals surface area contributed by atoms with E-state index in [0.717, 1.165) is 23.1 Å². The maximum absolute atomic E-state index is 13.0. The van der Waals surface area contributed by atoms with Crippen LogP contribution in [0.4, 0.5) is 13.2 Å². The van der Waals surface area contributed by atoms with Crippen molar-refractivity contribution in [2.24, 2.45) is 0 Å². The average molecular weight is 293 g/mol. The van der Waals surface area contributed by atoms with Gasteiger partial charge in [0, 0.05) is 12.1 Å². The lowest BCUT2D eigenvalue weighted by Gasteiger charge is -2.09. The molecular weight excluding hydrogens is 275 g/mol. The molecule has 1 N–H and O–H groups in total. The van der Waals surface area contributed by atoms with Crippen LogP contribution in [0.5, 0.6) is 0 Å². The minimum atomic E-state index is -2.44.